The van der Waals surface area contributed by atoms with Crippen LogP contribution in [0, 0.1) is 17.1 Å². The van der Waals surface area contributed by atoms with Crippen molar-refractivity contribution in [1.82, 2.24) is 4.90 Å². The zero-order valence-corrected chi connectivity index (χ0v) is 8.54. The standard InChI is InChI=1S/C12H13FN2/c13-12-6-10(8-14)5-11(7-12)9-15-3-1-2-4-15/h5-7H,1-4,9H2. The van der Waals surface area contributed by atoms with Crippen molar-refractivity contribution in [3.63, 3.8) is 0 Å². The largest absolute Gasteiger partial charge is 0.299 e. The third-order valence-electron chi connectivity index (χ3n) is 2.69. The van der Waals surface area contributed by atoms with Crippen LogP contribution in [-0.4, -0.2) is 18.0 Å². The highest BCUT2D eigenvalue weighted by Crippen LogP contribution is 2.15. The summed E-state index contributed by atoms with van der Waals surface area (Å²) in [6, 6.07) is 6.52. The smallest absolute Gasteiger partial charge is 0.124 e. The summed E-state index contributed by atoms with van der Waals surface area (Å²) >= 11 is 0. The van der Waals surface area contributed by atoms with Crippen LogP contribution in [0.5, 0.6) is 0 Å². The first-order valence-corrected chi connectivity index (χ1v) is 5.20. The Morgan fingerprint density at radius 2 is 2.00 bits per heavy atom. The molecule has 15 heavy (non-hydrogen) atoms. The van der Waals surface area contributed by atoms with Crippen molar-refractivity contribution in [1.29, 1.82) is 5.26 Å². The van der Waals surface area contributed by atoms with Crippen LogP contribution in [-0.2, 0) is 6.54 Å². The number of likely N-dealkylation sites (tertiary alicyclic amines) is 1. The maximum absolute atomic E-state index is 13.1. The van der Waals surface area contributed by atoms with Gasteiger partial charge in [-0.25, -0.2) is 4.39 Å². The van der Waals surface area contributed by atoms with E-state index in [1.54, 1.807) is 6.07 Å². The number of hydrogen-bond acceptors (Lipinski definition) is 2. The van der Waals surface area contributed by atoms with Crippen LogP contribution in [0.15, 0.2) is 18.2 Å². The Morgan fingerprint density at radius 1 is 1.27 bits per heavy atom. The Morgan fingerprint density at radius 3 is 2.67 bits per heavy atom. The SMILES string of the molecule is N#Cc1cc(F)cc(CN2CCCC2)c1. The van der Waals surface area contributed by atoms with Crippen molar-refractivity contribution in [2.24, 2.45) is 0 Å². The van der Waals surface area contributed by atoms with Crippen molar-refractivity contribution >= 4 is 0 Å². The number of hydrogen-bond donors (Lipinski definition) is 0. The number of rotatable bonds is 2. The number of nitrogens with zero attached hydrogens (tertiary/aromatic N) is 2. The monoisotopic (exact) mass is 204 g/mol. The topological polar surface area (TPSA) is 27.0 Å². The van der Waals surface area contributed by atoms with E-state index in [0.29, 0.717) is 5.56 Å². The van der Waals surface area contributed by atoms with Crippen LogP contribution in [0.2, 0.25) is 0 Å². The molecule has 1 fully saturated rings. The van der Waals surface area contributed by atoms with Crippen LogP contribution in [0.4, 0.5) is 4.39 Å². The lowest BCUT2D eigenvalue weighted by molar-refractivity contribution is 0.331. The normalized spacial score (nSPS) is 16.5. The Bertz CT molecular complexity index is 389. The predicted molar refractivity (Wildman–Crippen MR) is 55.6 cm³/mol. The first kappa shape index (κ1) is 10.1. The third-order valence-corrected chi connectivity index (χ3v) is 2.69. The van der Waals surface area contributed by atoms with Crippen molar-refractivity contribution in [2.75, 3.05) is 13.1 Å². The predicted octanol–water partition coefficient (Wildman–Crippen LogP) is 2.29. The van der Waals surface area contributed by atoms with E-state index in [-0.39, 0.29) is 5.82 Å². The van der Waals surface area contributed by atoms with Gasteiger partial charge in [0.2, 0.25) is 0 Å². The summed E-state index contributed by atoms with van der Waals surface area (Å²) in [6.07, 6.45) is 2.45. The molecule has 0 saturated carbocycles. The maximum Gasteiger partial charge on any atom is 0.124 e. The summed E-state index contributed by atoms with van der Waals surface area (Å²) in [7, 11) is 0. The fourth-order valence-corrected chi connectivity index (χ4v) is 2.01. The van der Waals surface area contributed by atoms with E-state index >= 15 is 0 Å². The number of halogens is 1. The van der Waals surface area contributed by atoms with Crippen LogP contribution >= 0.6 is 0 Å². The van der Waals surface area contributed by atoms with Gasteiger partial charge < -0.3 is 0 Å². The molecule has 0 radical (unpaired) electrons. The van der Waals surface area contributed by atoms with Gasteiger partial charge in [0.1, 0.15) is 5.82 Å². The first-order chi connectivity index (χ1) is 7.28. The Hall–Kier alpha value is -1.40. The van der Waals surface area contributed by atoms with Gasteiger partial charge in [-0.05, 0) is 49.7 Å². The summed E-state index contributed by atoms with van der Waals surface area (Å²) in [5.41, 5.74) is 1.30. The second-order valence-corrected chi connectivity index (χ2v) is 3.94. The van der Waals surface area contributed by atoms with E-state index in [4.69, 9.17) is 5.26 Å². The van der Waals surface area contributed by atoms with Gasteiger partial charge in [-0.2, -0.15) is 5.26 Å². The summed E-state index contributed by atoms with van der Waals surface area (Å²) in [5, 5.41) is 8.72. The molecule has 0 N–H and O–H groups in total. The van der Waals surface area contributed by atoms with Gasteiger partial charge in [-0.3, -0.25) is 4.90 Å². The molecular formula is C12H13FN2. The molecule has 0 bridgehead atoms. The zero-order chi connectivity index (χ0) is 10.7. The second kappa shape index (κ2) is 4.41. The highest BCUT2D eigenvalue weighted by atomic mass is 19.1. The lowest BCUT2D eigenvalue weighted by Crippen LogP contribution is -2.18. The number of nitriles is 1. The van der Waals surface area contributed by atoms with Gasteiger partial charge in [0.15, 0.2) is 0 Å². The van der Waals surface area contributed by atoms with Gasteiger partial charge in [0, 0.05) is 6.54 Å². The van der Waals surface area contributed by atoms with Crippen molar-refractivity contribution in [3.8, 4) is 6.07 Å². The molecule has 78 valence electrons. The molecule has 1 aliphatic heterocycles. The van der Waals surface area contributed by atoms with Crippen molar-refractivity contribution < 1.29 is 4.39 Å². The lowest BCUT2D eigenvalue weighted by atomic mass is 10.1. The summed E-state index contributed by atoms with van der Waals surface area (Å²) < 4.78 is 13.1. The Labute approximate surface area is 88.9 Å². The molecule has 1 saturated heterocycles. The molecule has 2 nitrogen and oxygen atoms in total. The van der Waals surface area contributed by atoms with E-state index in [0.717, 1.165) is 25.2 Å². The summed E-state index contributed by atoms with van der Waals surface area (Å²) in [4.78, 5) is 2.29. The van der Waals surface area contributed by atoms with Crippen LogP contribution in [0.3, 0.4) is 0 Å². The molecule has 0 aliphatic carbocycles. The second-order valence-electron chi connectivity index (χ2n) is 3.94. The summed E-state index contributed by atoms with van der Waals surface area (Å²) in [6.45, 7) is 2.92. The first-order valence-electron chi connectivity index (χ1n) is 5.20. The Balaban J connectivity index is 2.13. The van der Waals surface area contributed by atoms with Crippen LogP contribution in [0.1, 0.15) is 24.0 Å². The minimum absolute atomic E-state index is 0.316. The summed E-state index contributed by atoms with van der Waals surface area (Å²) in [5.74, 6) is -0.316. The van der Waals surface area contributed by atoms with E-state index in [1.807, 2.05) is 6.07 Å². The molecule has 1 aromatic rings. The highest BCUT2D eigenvalue weighted by Gasteiger charge is 2.12. The minimum Gasteiger partial charge on any atom is -0.299 e. The fourth-order valence-electron chi connectivity index (χ4n) is 2.01. The van der Waals surface area contributed by atoms with E-state index in [1.165, 1.54) is 25.0 Å². The van der Waals surface area contributed by atoms with E-state index < -0.39 is 0 Å². The molecule has 0 atom stereocenters. The van der Waals surface area contributed by atoms with Gasteiger partial charge in [-0.1, -0.05) is 0 Å². The average molecular weight is 204 g/mol. The lowest BCUT2D eigenvalue weighted by Gasteiger charge is -2.14. The van der Waals surface area contributed by atoms with Crippen molar-refractivity contribution in [3.05, 3.63) is 35.1 Å². The van der Waals surface area contributed by atoms with Crippen LogP contribution in [0.25, 0.3) is 0 Å². The zero-order valence-electron chi connectivity index (χ0n) is 8.54. The Kier molecular flexibility index (Phi) is 2.98. The molecule has 2 rings (SSSR count). The molecule has 0 unspecified atom stereocenters. The van der Waals surface area contributed by atoms with Gasteiger partial charge >= 0.3 is 0 Å². The molecule has 0 spiro atoms. The van der Waals surface area contributed by atoms with Gasteiger partial charge in [0.25, 0.3) is 0 Å². The molecule has 1 heterocycles. The molecule has 1 aliphatic rings. The third kappa shape index (κ3) is 2.54. The maximum atomic E-state index is 13.1. The van der Waals surface area contributed by atoms with E-state index in [2.05, 4.69) is 4.90 Å². The molecule has 3 heteroatoms. The molecular weight excluding hydrogens is 191 g/mol. The fraction of sp³-hybridized carbons (Fsp3) is 0.417. The molecule has 0 aromatic heterocycles. The average Bonchev–Trinajstić information content (AvgIpc) is 2.69. The quantitative estimate of drug-likeness (QED) is 0.739. The molecule has 0 amide bonds. The van der Waals surface area contributed by atoms with Gasteiger partial charge in [-0.15, -0.1) is 0 Å². The van der Waals surface area contributed by atoms with E-state index in [9.17, 15) is 4.39 Å². The number of benzene rings is 1. The van der Waals surface area contributed by atoms with Gasteiger partial charge in [0.05, 0.1) is 11.6 Å². The van der Waals surface area contributed by atoms with Crippen LogP contribution < -0.4 is 0 Å². The minimum atomic E-state index is -0.316. The van der Waals surface area contributed by atoms with Crippen molar-refractivity contribution in [2.45, 2.75) is 19.4 Å². The highest BCUT2D eigenvalue weighted by molar-refractivity contribution is 5.33. The molecule has 1 aromatic carbocycles.